The summed E-state index contributed by atoms with van der Waals surface area (Å²) < 4.78 is 18.1. The van der Waals surface area contributed by atoms with E-state index in [0.717, 1.165) is 12.8 Å². The van der Waals surface area contributed by atoms with Gasteiger partial charge in [0.05, 0.1) is 6.61 Å². The van der Waals surface area contributed by atoms with Gasteiger partial charge >= 0.3 is 0 Å². The monoisotopic (exact) mass is 199 g/mol. The van der Waals surface area contributed by atoms with Gasteiger partial charge in [0.15, 0.2) is 5.89 Å². The van der Waals surface area contributed by atoms with Crippen molar-refractivity contribution in [2.45, 2.75) is 44.4 Å². The molecule has 0 aromatic carbocycles. The van der Waals surface area contributed by atoms with E-state index in [9.17, 15) is 4.39 Å². The van der Waals surface area contributed by atoms with E-state index in [2.05, 4.69) is 4.98 Å². The number of oxazole rings is 1. The topological polar surface area (TPSA) is 46.3 Å². The molecule has 78 valence electrons. The van der Waals surface area contributed by atoms with Crippen molar-refractivity contribution < 1.29 is 13.9 Å². The Labute approximate surface area is 82.0 Å². The zero-order chi connectivity index (χ0) is 9.97. The number of rotatable bonds is 2. The van der Waals surface area contributed by atoms with Crippen molar-refractivity contribution in [1.82, 2.24) is 4.98 Å². The maximum absolute atomic E-state index is 12.9. The molecule has 1 saturated carbocycles. The number of halogens is 1. The van der Waals surface area contributed by atoms with E-state index in [1.54, 1.807) is 0 Å². The first-order valence-corrected chi connectivity index (χ1v) is 4.99. The molecule has 0 bridgehead atoms. The molecule has 0 radical (unpaired) electrons. The molecule has 3 nitrogen and oxygen atoms in total. The van der Waals surface area contributed by atoms with Crippen molar-refractivity contribution in [3.63, 3.8) is 0 Å². The van der Waals surface area contributed by atoms with Gasteiger partial charge in [0.1, 0.15) is 18.1 Å². The SMILES string of the molecule is OCc1coc(C2CCC(F)CC2)n1. The van der Waals surface area contributed by atoms with Crippen molar-refractivity contribution in [3.8, 4) is 0 Å². The van der Waals surface area contributed by atoms with Gasteiger partial charge in [0, 0.05) is 5.92 Å². The molecule has 0 unspecified atom stereocenters. The molecular weight excluding hydrogens is 185 g/mol. The number of aliphatic hydroxyl groups excluding tert-OH is 1. The summed E-state index contributed by atoms with van der Waals surface area (Å²) in [5.41, 5.74) is 0.558. The van der Waals surface area contributed by atoms with Gasteiger partial charge in [-0.2, -0.15) is 0 Å². The third kappa shape index (κ3) is 1.95. The van der Waals surface area contributed by atoms with Crippen LogP contribution in [-0.2, 0) is 6.61 Å². The summed E-state index contributed by atoms with van der Waals surface area (Å²) in [6, 6.07) is 0. The molecule has 1 N–H and O–H groups in total. The number of nitrogens with zero attached hydrogens (tertiary/aromatic N) is 1. The van der Waals surface area contributed by atoms with Gasteiger partial charge in [-0.25, -0.2) is 9.37 Å². The molecule has 1 aliphatic rings. The van der Waals surface area contributed by atoms with Gasteiger partial charge in [-0.05, 0) is 25.7 Å². The molecule has 0 amide bonds. The Morgan fingerprint density at radius 1 is 1.43 bits per heavy atom. The summed E-state index contributed by atoms with van der Waals surface area (Å²) in [4.78, 5) is 4.14. The van der Waals surface area contributed by atoms with E-state index >= 15 is 0 Å². The highest BCUT2D eigenvalue weighted by Gasteiger charge is 2.25. The third-order valence-electron chi connectivity index (χ3n) is 2.74. The van der Waals surface area contributed by atoms with Gasteiger partial charge in [-0.3, -0.25) is 0 Å². The summed E-state index contributed by atoms with van der Waals surface area (Å²) in [5.74, 6) is 0.892. The predicted octanol–water partition coefficient (Wildman–Crippen LogP) is 2.16. The van der Waals surface area contributed by atoms with Gasteiger partial charge in [0.2, 0.25) is 0 Å². The lowest BCUT2D eigenvalue weighted by Crippen LogP contribution is -2.13. The number of aromatic nitrogens is 1. The lowest BCUT2D eigenvalue weighted by atomic mass is 9.88. The first-order chi connectivity index (χ1) is 6.79. The Balaban J connectivity index is 2.01. The number of alkyl halides is 1. The Kier molecular flexibility index (Phi) is 2.82. The van der Waals surface area contributed by atoms with Crippen LogP contribution in [0.15, 0.2) is 10.7 Å². The Morgan fingerprint density at radius 2 is 2.14 bits per heavy atom. The maximum Gasteiger partial charge on any atom is 0.197 e. The molecule has 1 aliphatic carbocycles. The first kappa shape index (κ1) is 9.65. The summed E-state index contributed by atoms with van der Waals surface area (Å²) in [6.07, 6.45) is 3.61. The molecule has 1 heterocycles. The lowest BCUT2D eigenvalue weighted by molar-refractivity contribution is 0.222. The molecule has 0 aliphatic heterocycles. The molecule has 1 aromatic heterocycles. The molecule has 1 fully saturated rings. The highest BCUT2D eigenvalue weighted by Crippen LogP contribution is 2.33. The number of hydrogen-bond donors (Lipinski definition) is 1. The summed E-state index contributed by atoms with van der Waals surface area (Å²) >= 11 is 0. The van der Waals surface area contributed by atoms with Crippen LogP contribution >= 0.6 is 0 Å². The largest absolute Gasteiger partial charge is 0.448 e. The van der Waals surface area contributed by atoms with Gasteiger partial charge in [0.25, 0.3) is 0 Å². The first-order valence-electron chi connectivity index (χ1n) is 4.99. The average Bonchev–Trinajstić information content (AvgIpc) is 2.67. The van der Waals surface area contributed by atoms with Crippen LogP contribution in [-0.4, -0.2) is 16.3 Å². The fourth-order valence-corrected chi connectivity index (χ4v) is 1.88. The van der Waals surface area contributed by atoms with Crippen LogP contribution in [0.1, 0.15) is 43.2 Å². The van der Waals surface area contributed by atoms with Gasteiger partial charge in [-0.1, -0.05) is 0 Å². The number of aliphatic hydroxyl groups is 1. The van der Waals surface area contributed by atoms with E-state index in [1.807, 2.05) is 0 Å². The van der Waals surface area contributed by atoms with Crippen LogP contribution in [0.3, 0.4) is 0 Å². The summed E-state index contributed by atoms with van der Waals surface area (Å²) in [6.45, 7) is -0.0953. The maximum atomic E-state index is 12.9. The summed E-state index contributed by atoms with van der Waals surface area (Å²) in [7, 11) is 0. The average molecular weight is 199 g/mol. The second kappa shape index (κ2) is 4.09. The van der Waals surface area contributed by atoms with Crippen LogP contribution in [0.25, 0.3) is 0 Å². The van der Waals surface area contributed by atoms with Crippen LogP contribution < -0.4 is 0 Å². The fraction of sp³-hybridized carbons (Fsp3) is 0.700. The molecule has 0 atom stereocenters. The predicted molar refractivity (Wildman–Crippen MR) is 48.5 cm³/mol. The quantitative estimate of drug-likeness (QED) is 0.793. The van der Waals surface area contributed by atoms with Crippen molar-refractivity contribution >= 4 is 0 Å². The highest BCUT2D eigenvalue weighted by atomic mass is 19.1. The van der Waals surface area contributed by atoms with Crippen molar-refractivity contribution in [2.24, 2.45) is 0 Å². The van der Waals surface area contributed by atoms with Crippen LogP contribution in [0, 0.1) is 0 Å². The zero-order valence-corrected chi connectivity index (χ0v) is 7.95. The third-order valence-corrected chi connectivity index (χ3v) is 2.74. The second-order valence-corrected chi connectivity index (χ2v) is 3.78. The molecule has 14 heavy (non-hydrogen) atoms. The van der Waals surface area contributed by atoms with Crippen molar-refractivity contribution in [3.05, 3.63) is 17.8 Å². The van der Waals surface area contributed by atoms with E-state index in [1.165, 1.54) is 6.26 Å². The number of hydrogen-bond acceptors (Lipinski definition) is 3. The Morgan fingerprint density at radius 3 is 2.71 bits per heavy atom. The normalized spacial score (nSPS) is 27.9. The van der Waals surface area contributed by atoms with Crippen molar-refractivity contribution in [1.29, 1.82) is 0 Å². The van der Waals surface area contributed by atoms with Crippen molar-refractivity contribution in [2.75, 3.05) is 0 Å². The minimum Gasteiger partial charge on any atom is -0.448 e. The fourth-order valence-electron chi connectivity index (χ4n) is 1.88. The molecule has 0 saturated heterocycles. The van der Waals surface area contributed by atoms with Gasteiger partial charge in [-0.15, -0.1) is 0 Å². The molecule has 0 spiro atoms. The summed E-state index contributed by atoms with van der Waals surface area (Å²) in [5, 5.41) is 8.81. The van der Waals surface area contributed by atoms with Crippen LogP contribution in [0.4, 0.5) is 4.39 Å². The standard InChI is InChI=1S/C10H14FNO2/c11-8-3-1-7(2-4-8)10-12-9(5-13)6-14-10/h6-8,13H,1-5H2. The smallest absolute Gasteiger partial charge is 0.197 e. The second-order valence-electron chi connectivity index (χ2n) is 3.78. The van der Waals surface area contributed by atoms with E-state index < -0.39 is 6.17 Å². The Bertz CT molecular complexity index is 292. The van der Waals surface area contributed by atoms with E-state index in [-0.39, 0.29) is 12.5 Å². The molecular formula is C10H14FNO2. The molecule has 2 rings (SSSR count). The van der Waals surface area contributed by atoms with E-state index in [0.29, 0.717) is 24.4 Å². The van der Waals surface area contributed by atoms with Crippen LogP contribution in [0.5, 0.6) is 0 Å². The lowest BCUT2D eigenvalue weighted by Gasteiger charge is -2.21. The molecule has 1 aromatic rings. The zero-order valence-electron chi connectivity index (χ0n) is 7.95. The van der Waals surface area contributed by atoms with Gasteiger partial charge < -0.3 is 9.52 Å². The minimum absolute atomic E-state index is 0.0953. The Hall–Kier alpha value is -0.900. The van der Waals surface area contributed by atoms with E-state index in [4.69, 9.17) is 9.52 Å². The molecule has 4 heteroatoms. The highest BCUT2D eigenvalue weighted by molar-refractivity contribution is 5.01. The van der Waals surface area contributed by atoms with Crippen LogP contribution in [0.2, 0.25) is 0 Å². The minimum atomic E-state index is -0.654.